The molecule has 4 fully saturated rings. The second-order valence-electron chi connectivity index (χ2n) is 19.4. The van der Waals surface area contributed by atoms with Crippen LogP contribution in [0.4, 0.5) is 0 Å². The number of aliphatic hydroxyl groups is 2. The molecule has 1 aliphatic carbocycles. The highest BCUT2D eigenvalue weighted by molar-refractivity contribution is 5.83. The van der Waals surface area contributed by atoms with E-state index in [2.05, 4.69) is 20.8 Å². The number of esters is 3. The minimum atomic E-state index is -2.30. The van der Waals surface area contributed by atoms with E-state index in [0.29, 0.717) is 30.6 Å². The van der Waals surface area contributed by atoms with Crippen LogP contribution in [-0.4, -0.2) is 109 Å². The average molecular weight is 899 g/mol. The van der Waals surface area contributed by atoms with E-state index in [9.17, 15) is 29.4 Å². The minimum Gasteiger partial charge on any atom is -0.466 e. The number of rotatable bonds is 19. The maximum absolute atomic E-state index is 13.8. The summed E-state index contributed by atoms with van der Waals surface area (Å²) in [5.41, 5.74) is -0.270. The van der Waals surface area contributed by atoms with Gasteiger partial charge in [0, 0.05) is 43.6 Å². The van der Waals surface area contributed by atoms with E-state index in [1.807, 2.05) is 30.3 Å². The first-order valence-electron chi connectivity index (χ1n) is 23.4. The normalized spacial score (nSPS) is 32.2. The van der Waals surface area contributed by atoms with Crippen molar-refractivity contribution in [2.45, 2.75) is 193 Å². The quantitative estimate of drug-likeness (QED) is 0.0613. The number of carbonyl (C=O) groups is 4. The Hall–Kier alpha value is -3.50. The first-order chi connectivity index (χ1) is 30.4. The van der Waals surface area contributed by atoms with Crippen LogP contribution in [0.5, 0.6) is 0 Å². The third kappa shape index (κ3) is 13.8. The number of hydrogen-bond acceptors (Lipinski definition) is 14. The van der Waals surface area contributed by atoms with Crippen LogP contribution in [0, 0.1) is 23.2 Å². The molecule has 5 rings (SSSR count). The van der Waals surface area contributed by atoms with Gasteiger partial charge in [-0.15, -0.1) is 0 Å². The summed E-state index contributed by atoms with van der Waals surface area (Å²) in [4.78, 5) is 50.2. The molecule has 14 nitrogen and oxygen atoms in total. The smallest absolute Gasteiger partial charge is 0.330 e. The molecule has 2 N–H and O–H groups in total. The van der Waals surface area contributed by atoms with E-state index in [1.165, 1.54) is 32.6 Å². The minimum absolute atomic E-state index is 0.0228. The number of aliphatic hydroxyl groups excluding tert-OH is 1. The zero-order valence-electron chi connectivity index (χ0n) is 39.2. The van der Waals surface area contributed by atoms with Crippen LogP contribution in [0.3, 0.4) is 0 Å². The highest BCUT2D eigenvalue weighted by Gasteiger charge is 2.57. The van der Waals surface area contributed by atoms with Crippen LogP contribution < -0.4 is 0 Å². The molecule has 64 heavy (non-hydrogen) atoms. The maximum Gasteiger partial charge on any atom is 0.330 e. The van der Waals surface area contributed by atoms with Crippen molar-refractivity contribution in [3.63, 3.8) is 0 Å². The van der Waals surface area contributed by atoms with Gasteiger partial charge < -0.3 is 48.1 Å². The predicted octanol–water partition coefficient (Wildman–Crippen LogP) is 7.25. The molecule has 0 bridgehead atoms. The van der Waals surface area contributed by atoms with E-state index in [1.54, 1.807) is 20.8 Å². The molecular formula is C50H74O14. The third-order valence-electron chi connectivity index (χ3n) is 13.5. The van der Waals surface area contributed by atoms with Crippen LogP contribution in [0.25, 0.3) is 0 Å². The number of benzene rings is 1. The average Bonchev–Trinajstić information content (AvgIpc) is 3.23. The molecule has 3 heterocycles. The summed E-state index contributed by atoms with van der Waals surface area (Å²) in [6, 6.07) is 9.49. The Morgan fingerprint density at radius 1 is 0.969 bits per heavy atom. The Bertz CT molecular complexity index is 1740. The number of aldehydes is 1. The van der Waals surface area contributed by atoms with Crippen molar-refractivity contribution in [2.24, 2.45) is 23.2 Å². The summed E-state index contributed by atoms with van der Waals surface area (Å²) in [5, 5.41) is 23.7. The summed E-state index contributed by atoms with van der Waals surface area (Å²) >= 11 is 0. The van der Waals surface area contributed by atoms with Gasteiger partial charge in [0.05, 0.1) is 63.4 Å². The molecule has 12 atom stereocenters. The van der Waals surface area contributed by atoms with Gasteiger partial charge in [-0.05, 0) is 80.9 Å². The number of carbonyl (C=O) groups excluding carboxylic acids is 4. The zero-order chi connectivity index (χ0) is 46.7. The number of allylic oxidation sites excluding steroid dienone is 1. The van der Waals surface area contributed by atoms with Crippen molar-refractivity contribution in [1.82, 2.24) is 0 Å². The van der Waals surface area contributed by atoms with Gasteiger partial charge in [0.2, 0.25) is 5.79 Å². The SMILES string of the molecule is COC(=O)C=C1C[C@@H](C[C@@H](OC(=O)C[C@H](O)C[C@@H]2CCC[C@H](C[C@@H]3CCO[C@@]4(C[C@H](C)CC[C@H]4C(C)C)O3)O2)[C@@H](C)OCc2ccccc2)O[C@@](O)(C(C)(C)C=CC=O)[C@H]1OC(C)=O. The summed E-state index contributed by atoms with van der Waals surface area (Å²) in [6.45, 7) is 13.8. The van der Waals surface area contributed by atoms with Gasteiger partial charge in [-0.3, -0.25) is 14.4 Å². The molecule has 3 aliphatic heterocycles. The van der Waals surface area contributed by atoms with Gasteiger partial charge in [-0.2, -0.15) is 0 Å². The van der Waals surface area contributed by atoms with E-state index >= 15 is 0 Å². The molecule has 3 saturated heterocycles. The lowest BCUT2D eigenvalue weighted by Gasteiger charge is -2.51. The molecular weight excluding hydrogens is 825 g/mol. The summed E-state index contributed by atoms with van der Waals surface area (Å²) in [7, 11) is 1.20. The molecule has 1 spiro atoms. The lowest BCUT2D eigenvalue weighted by atomic mass is 9.72. The third-order valence-corrected chi connectivity index (χ3v) is 13.5. The lowest BCUT2D eigenvalue weighted by Crippen LogP contribution is -2.62. The van der Waals surface area contributed by atoms with Crippen molar-refractivity contribution < 1.29 is 67.3 Å². The predicted molar refractivity (Wildman–Crippen MR) is 236 cm³/mol. The summed E-state index contributed by atoms with van der Waals surface area (Å²) in [6.07, 6.45) is 6.19. The van der Waals surface area contributed by atoms with Crippen molar-refractivity contribution in [3.05, 3.63) is 59.7 Å². The summed E-state index contributed by atoms with van der Waals surface area (Å²) in [5.74, 6) is -3.66. The van der Waals surface area contributed by atoms with E-state index in [0.717, 1.165) is 56.6 Å². The van der Waals surface area contributed by atoms with Crippen LogP contribution in [0.1, 0.15) is 131 Å². The van der Waals surface area contributed by atoms with E-state index in [4.69, 9.17) is 37.9 Å². The first-order valence-corrected chi connectivity index (χ1v) is 23.4. The van der Waals surface area contributed by atoms with Crippen LogP contribution in [0.15, 0.2) is 54.1 Å². The Balaban J connectivity index is 1.27. The lowest BCUT2D eigenvalue weighted by molar-refractivity contribution is -0.342. The van der Waals surface area contributed by atoms with E-state index in [-0.39, 0.29) is 56.2 Å². The number of hydrogen-bond donors (Lipinski definition) is 2. The van der Waals surface area contributed by atoms with Gasteiger partial charge in [0.1, 0.15) is 12.4 Å². The van der Waals surface area contributed by atoms with E-state index < -0.39 is 65.4 Å². The molecule has 0 unspecified atom stereocenters. The molecule has 4 aliphatic rings. The molecule has 0 radical (unpaired) electrons. The second-order valence-corrected chi connectivity index (χ2v) is 19.4. The monoisotopic (exact) mass is 899 g/mol. The molecule has 358 valence electrons. The molecule has 14 heteroatoms. The van der Waals surface area contributed by atoms with Crippen LogP contribution in [0.2, 0.25) is 0 Å². The second kappa shape index (κ2) is 23.3. The van der Waals surface area contributed by atoms with Crippen molar-refractivity contribution in [3.8, 4) is 0 Å². The van der Waals surface area contributed by atoms with Gasteiger partial charge in [0.15, 0.2) is 11.9 Å². The van der Waals surface area contributed by atoms with Crippen molar-refractivity contribution >= 4 is 24.2 Å². The largest absolute Gasteiger partial charge is 0.466 e. The number of ether oxygens (including phenoxy) is 8. The maximum atomic E-state index is 13.8. The topological polar surface area (TPSA) is 183 Å². The molecule has 1 aromatic carbocycles. The van der Waals surface area contributed by atoms with Crippen molar-refractivity contribution in [2.75, 3.05) is 13.7 Å². The Labute approximate surface area is 379 Å². The fourth-order valence-corrected chi connectivity index (χ4v) is 10.1. The fraction of sp³-hybridized carbons (Fsp3) is 0.720. The zero-order valence-corrected chi connectivity index (χ0v) is 39.2. The van der Waals surface area contributed by atoms with Gasteiger partial charge >= 0.3 is 17.9 Å². The highest BCUT2D eigenvalue weighted by atomic mass is 16.7. The first kappa shape index (κ1) is 51.5. The Kier molecular flexibility index (Phi) is 18.7. The van der Waals surface area contributed by atoms with Gasteiger partial charge in [-0.25, -0.2) is 4.79 Å². The molecule has 0 aromatic heterocycles. The van der Waals surface area contributed by atoms with Crippen LogP contribution in [-0.2, 0) is 63.7 Å². The van der Waals surface area contributed by atoms with Crippen LogP contribution >= 0.6 is 0 Å². The Morgan fingerprint density at radius 2 is 1.70 bits per heavy atom. The molecule has 1 aromatic rings. The Morgan fingerprint density at radius 3 is 2.39 bits per heavy atom. The number of methoxy groups -OCH3 is 1. The van der Waals surface area contributed by atoms with Crippen molar-refractivity contribution in [1.29, 1.82) is 0 Å². The molecule has 0 amide bonds. The molecule has 1 saturated carbocycles. The standard InChI is InChI=1S/C50H74O14/c1-32(2)43-19-18-33(3)30-49(43)59-23-20-41(63-49)28-40-17-12-16-39(61-40)26-38(53)27-46(55)62-44(34(4)58-31-36-14-10-9-11-15-36)29-42-24-37(25-45(54)57-8)47(60-35(5)52)50(56,64-42)48(6,7)21-13-22-51/h9-11,13-15,21-22,25,32-34,38-44,47,53,56H,12,16-20,23-24,26-31H2,1-8H3/t33-,34-,38-,39+,40-,41+,42+,43+,44-,47+,49+,50-/m1/s1. The summed E-state index contributed by atoms with van der Waals surface area (Å²) < 4.78 is 49.2. The fourth-order valence-electron chi connectivity index (χ4n) is 10.1. The van der Waals surface area contributed by atoms with Gasteiger partial charge in [0.25, 0.3) is 0 Å². The highest BCUT2D eigenvalue weighted by Crippen LogP contribution is 2.48. The van der Waals surface area contributed by atoms with Gasteiger partial charge in [-0.1, -0.05) is 77.4 Å².